The van der Waals surface area contributed by atoms with Gasteiger partial charge in [0.1, 0.15) is 23.9 Å². The Hall–Kier alpha value is -3.62. The number of fused-ring (bicyclic) bond motifs is 1. The Labute approximate surface area is 229 Å². The van der Waals surface area contributed by atoms with E-state index >= 15 is 0 Å². The van der Waals surface area contributed by atoms with Gasteiger partial charge in [-0.1, -0.05) is 66.7 Å². The molecule has 2 fully saturated rings. The van der Waals surface area contributed by atoms with Crippen molar-refractivity contribution in [3.8, 4) is 0 Å². The molecule has 1 amide bonds. The number of hydrogen-bond acceptors (Lipinski definition) is 7. The van der Waals surface area contributed by atoms with Crippen LogP contribution < -0.4 is 0 Å². The van der Waals surface area contributed by atoms with Gasteiger partial charge in [0, 0.05) is 6.20 Å². The standard InChI is InChI=1S/C29H25ClN2O5S/c1-29(18-36-23(33)17-30)25(32-26(34)22(27(32)38-29)16-21-14-8-9-15-31-21)28(35)37-24(19-10-4-2-5-11-19)20-12-6-3-7-13-20/h2-16,24-25,27H,17-18H2,1H3/b22-16-/t25-,27+,29-/m0/s1. The van der Waals surface area contributed by atoms with E-state index in [9.17, 15) is 14.4 Å². The van der Waals surface area contributed by atoms with Gasteiger partial charge in [0.15, 0.2) is 6.10 Å². The Kier molecular flexibility index (Phi) is 7.53. The summed E-state index contributed by atoms with van der Waals surface area (Å²) in [6.45, 7) is 1.69. The molecule has 0 saturated carbocycles. The van der Waals surface area contributed by atoms with Gasteiger partial charge in [-0.05, 0) is 36.3 Å². The minimum atomic E-state index is -0.982. The van der Waals surface area contributed by atoms with Crippen LogP contribution in [0.5, 0.6) is 0 Å². The van der Waals surface area contributed by atoms with E-state index in [1.807, 2.05) is 66.7 Å². The van der Waals surface area contributed by atoms with Crippen LogP contribution in [-0.2, 0) is 23.9 Å². The average molecular weight is 549 g/mol. The summed E-state index contributed by atoms with van der Waals surface area (Å²) in [6.07, 6.45) is 2.70. The molecule has 7 nitrogen and oxygen atoms in total. The number of aromatic nitrogens is 1. The summed E-state index contributed by atoms with van der Waals surface area (Å²) in [7, 11) is 0. The number of β-lactam (4-membered cyclic amide) rings is 1. The molecule has 0 unspecified atom stereocenters. The highest BCUT2D eigenvalue weighted by atomic mass is 35.5. The maximum atomic E-state index is 13.9. The number of hydrogen-bond donors (Lipinski definition) is 0. The van der Waals surface area contributed by atoms with Crippen molar-refractivity contribution in [2.24, 2.45) is 0 Å². The van der Waals surface area contributed by atoms with Crippen LogP contribution in [0.3, 0.4) is 0 Å². The van der Waals surface area contributed by atoms with E-state index in [4.69, 9.17) is 21.1 Å². The van der Waals surface area contributed by atoms with Crippen LogP contribution in [0, 0.1) is 0 Å². The Morgan fingerprint density at radius 2 is 1.68 bits per heavy atom. The number of esters is 2. The van der Waals surface area contributed by atoms with Crippen molar-refractivity contribution in [1.82, 2.24) is 9.88 Å². The molecular weight excluding hydrogens is 524 g/mol. The second-order valence-corrected chi connectivity index (χ2v) is 11.1. The fourth-order valence-electron chi connectivity index (χ4n) is 4.69. The molecule has 0 radical (unpaired) electrons. The molecule has 5 rings (SSSR count). The van der Waals surface area contributed by atoms with Gasteiger partial charge in [-0.2, -0.15) is 0 Å². The van der Waals surface area contributed by atoms with Crippen molar-refractivity contribution >= 4 is 47.3 Å². The molecule has 2 aliphatic heterocycles. The number of ether oxygens (including phenoxy) is 2. The van der Waals surface area contributed by atoms with Gasteiger partial charge in [0.2, 0.25) is 0 Å². The lowest BCUT2D eigenvalue weighted by atomic mass is 9.94. The van der Waals surface area contributed by atoms with Gasteiger partial charge < -0.3 is 14.4 Å². The number of carbonyl (C=O) groups excluding carboxylic acids is 3. The topological polar surface area (TPSA) is 85.8 Å². The summed E-state index contributed by atoms with van der Waals surface area (Å²) in [5.41, 5.74) is 2.78. The minimum Gasteiger partial charge on any atom is -0.463 e. The van der Waals surface area contributed by atoms with Crippen LogP contribution in [0.15, 0.2) is 90.6 Å². The molecule has 2 aromatic carbocycles. The summed E-state index contributed by atoms with van der Waals surface area (Å²) in [6, 6.07) is 23.3. The van der Waals surface area contributed by atoms with Crippen LogP contribution in [0.25, 0.3) is 6.08 Å². The van der Waals surface area contributed by atoms with Crippen LogP contribution in [0.2, 0.25) is 0 Å². The quantitative estimate of drug-likeness (QED) is 0.176. The Balaban J connectivity index is 1.47. The van der Waals surface area contributed by atoms with Gasteiger partial charge >= 0.3 is 11.9 Å². The smallest absolute Gasteiger partial charge is 0.331 e. The minimum absolute atomic E-state index is 0.110. The molecule has 194 valence electrons. The fraction of sp³-hybridized carbons (Fsp3) is 0.241. The van der Waals surface area contributed by atoms with Crippen LogP contribution >= 0.6 is 23.4 Å². The van der Waals surface area contributed by atoms with E-state index < -0.39 is 34.2 Å². The summed E-state index contributed by atoms with van der Waals surface area (Å²) in [5, 5.41) is -0.409. The summed E-state index contributed by atoms with van der Waals surface area (Å²) in [5.74, 6) is -1.76. The van der Waals surface area contributed by atoms with E-state index in [1.54, 1.807) is 31.3 Å². The zero-order valence-electron chi connectivity index (χ0n) is 20.5. The van der Waals surface area contributed by atoms with Gasteiger partial charge in [-0.25, -0.2) is 4.79 Å². The molecule has 1 aromatic heterocycles. The number of rotatable bonds is 8. The number of carbonyl (C=O) groups is 3. The Morgan fingerprint density at radius 3 is 2.26 bits per heavy atom. The summed E-state index contributed by atoms with van der Waals surface area (Å²) in [4.78, 5) is 45.0. The average Bonchev–Trinajstić information content (AvgIpc) is 3.24. The highest BCUT2D eigenvalue weighted by molar-refractivity contribution is 8.02. The first kappa shape index (κ1) is 26.0. The lowest BCUT2D eigenvalue weighted by Gasteiger charge is -2.40. The Bertz CT molecular complexity index is 1320. The van der Waals surface area contributed by atoms with Gasteiger partial charge in [-0.3, -0.25) is 14.6 Å². The maximum Gasteiger partial charge on any atom is 0.331 e. The fourth-order valence-corrected chi connectivity index (χ4v) is 6.37. The predicted molar refractivity (Wildman–Crippen MR) is 145 cm³/mol. The van der Waals surface area contributed by atoms with Crippen molar-refractivity contribution in [3.05, 3.63) is 107 Å². The largest absolute Gasteiger partial charge is 0.463 e. The number of halogens is 1. The molecule has 0 spiro atoms. The summed E-state index contributed by atoms with van der Waals surface area (Å²) >= 11 is 7.03. The number of pyridine rings is 1. The third kappa shape index (κ3) is 5.06. The normalized spacial score (nSPS) is 23.2. The van der Waals surface area contributed by atoms with Crippen molar-refractivity contribution in [2.45, 2.75) is 29.2 Å². The molecule has 3 heterocycles. The van der Waals surface area contributed by atoms with Gasteiger partial charge in [-0.15, -0.1) is 23.4 Å². The molecule has 38 heavy (non-hydrogen) atoms. The number of thioether (sulfide) groups is 1. The third-order valence-electron chi connectivity index (χ3n) is 6.52. The van der Waals surface area contributed by atoms with E-state index in [1.165, 1.54) is 16.7 Å². The monoisotopic (exact) mass is 548 g/mol. The van der Waals surface area contributed by atoms with Crippen molar-refractivity contribution in [1.29, 1.82) is 0 Å². The van der Waals surface area contributed by atoms with Gasteiger partial charge in [0.25, 0.3) is 5.91 Å². The first-order valence-corrected chi connectivity index (χ1v) is 13.5. The molecule has 3 atom stereocenters. The molecule has 0 aliphatic carbocycles. The van der Waals surface area contributed by atoms with E-state index in [-0.39, 0.29) is 18.4 Å². The second-order valence-electron chi connectivity index (χ2n) is 9.18. The lowest BCUT2D eigenvalue weighted by Crippen LogP contribution is -2.60. The molecule has 2 saturated heterocycles. The SMILES string of the molecule is C[C@@]1(COC(=O)CCl)S[C@@H]2/C(=C\c3ccccn3)C(=O)N2[C@H]1C(=O)OC(c1ccccc1)c1ccccc1. The lowest BCUT2D eigenvalue weighted by molar-refractivity contribution is -0.162. The maximum absolute atomic E-state index is 13.9. The molecule has 2 aliphatic rings. The second kappa shape index (κ2) is 11.0. The number of amides is 1. The number of alkyl halides is 1. The first-order valence-electron chi connectivity index (χ1n) is 12.1. The van der Waals surface area contributed by atoms with Crippen molar-refractivity contribution < 1.29 is 23.9 Å². The van der Waals surface area contributed by atoms with Crippen molar-refractivity contribution in [2.75, 3.05) is 12.5 Å². The molecule has 0 N–H and O–H groups in total. The predicted octanol–water partition coefficient (Wildman–Crippen LogP) is 4.62. The van der Waals surface area contributed by atoms with Crippen molar-refractivity contribution in [3.63, 3.8) is 0 Å². The zero-order chi connectivity index (χ0) is 26.7. The number of nitrogens with zero attached hydrogens (tertiary/aromatic N) is 2. The highest BCUT2D eigenvalue weighted by Gasteiger charge is 2.64. The van der Waals surface area contributed by atoms with Crippen LogP contribution in [0.4, 0.5) is 0 Å². The molecular formula is C29H25ClN2O5S. The molecule has 9 heteroatoms. The summed E-state index contributed by atoms with van der Waals surface area (Å²) < 4.78 is 10.6. The van der Waals surface area contributed by atoms with Crippen LogP contribution in [0.1, 0.15) is 29.8 Å². The Morgan fingerprint density at radius 1 is 1.05 bits per heavy atom. The highest BCUT2D eigenvalue weighted by Crippen LogP contribution is 2.54. The third-order valence-corrected chi connectivity index (χ3v) is 8.32. The van der Waals surface area contributed by atoms with Gasteiger partial charge in [0.05, 0.1) is 16.0 Å². The van der Waals surface area contributed by atoms with E-state index in [0.29, 0.717) is 11.3 Å². The van der Waals surface area contributed by atoms with E-state index in [2.05, 4.69) is 4.98 Å². The zero-order valence-corrected chi connectivity index (χ0v) is 22.1. The van der Waals surface area contributed by atoms with Crippen LogP contribution in [-0.4, -0.2) is 56.4 Å². The molecule has 3 aromatic rings. The number of benzene rings is 2. The van der Waals surface area contributed by atoms with E-state index in [0.717, 1.165) is 11.1 Å². The molecule has 0 bridgehead atoms. The first-order chi connectivity index (χ1) is 18.4.